The van der Waals surface area contributed by atoms with Crippen LogP contribution in [0.4, 0.5) is 5.69 Å². The molecule has 1 heterocycles. The lowest BCUT2D eigenvalue weighted by atomic mass is 10.0. The highest BCUT2D eigenvalue weighted by atomic mass is 79.9. The molecule has 108 valence electrons. The van der Waals surface area contributed by atoms with E-state index >= 15 is 0 Å². The summed E-state index contributed by atoms with van der Waals surface area (Å²) in [6.07, 6.45) is 0. The van der Waals surface area contributed by atoms with Gasteiger partial charge in [-0.1, -0.05) is 39.7 Å². The van der Waals surface area contributed by atoms with Gasteiger partial charge < -0.3 is 5.32 Å². The number of anilines is 1. The molecular weight excluding hydrogens is 370 g/mol. The van der Waals surface area contributed by atoms with Crippen molar-refractivity contribution in [2.45, 2.75) is 12.6 Å². The standard InChI is InChI=1S/C15H13BrClN3S/c1-15(10-2-6-12(17)7-3-10)18-14(21)20(19-15)13-8-4-11(16)5-9-13/h2-9,19H,1H3,(H,18,21)/t15-/m0/s1. The van der Waals surface area contributed by atoms with Crippen LogP contribution in [0.15, 0.2) is 53.0 Å². The molecule has 2 N–H and O–H groups in total. The van der Waals surface area contributed by atoms with E-state index in [-0.39, 0.29) is 0 Å². The second-order valence-electron chi connectivity index (χ2n) is 4.99. The topological polar surface area (TPSA) is 27.3 Å². The summed E-state index contributed by atoms with van der Waals surface area (Å²) in [6, 6.07) is 15.7. The number of benzene rings is 2. The first-order valence-electron chi connectivity index (χ1n) is 6.40. The lowest BCUT2D eigenvalue weighted by Gasteiger charge is -2.26. The Morgan fingerprint density at radius 1 is 1.10 bits per heavy atom. The van der Waals surface area contributed by atoms with Crippen molar-refractivity contribution in [2.75, 3.05) is 5.01 Å². The molecule has 0 amide bonds. The highest BCUT2D eigenvalue weighted by Crippen LogP contribution is 2.28. The predicted octanol–water partition coefficient (Wildman–Crippen LogP) is 4.17. The second kappa shape index (κ2) is 5.57. The maximum absolute atomic E-state index is 5.95. The lowest BCUT2D eigenvalue weighted by Crippen LogP contribution is -2.45. The molecule has 2 aromatic carbocycles. The molecule has 1 aliphatic rings. The minimum atomic E-state index is -0.464. The molecule has 0 saturated carbocycles. The number of hydrazine groups is 1. The fourth-order valence-electron chi connectivity index (χ4n) is 2.26. The van der Waals surface area contributed by atoms with Crippen molar-refractivity contribution < 1.29 is 0 Å². The zero-order chi connectivity index (χ0) is 15.0. The highest BCUT2D eigenvalue weighted by molar-refractivity contribution is 9.10. The van der Waals surface area contributed by atoms with Crippen LogP contribution in [0, 0.1) is 0 Å². The van der Waals surface area contributed by atoms with Gasteiger partial charge >= 0.3 is 0 Å². The molecule has 0 unspecified atom stereocenters. The first-order valence-corrected chi connectivity index (χ1v) is 7.97. The van der Waals surface area contributed by atoms with Crippen LogP contribution in [-0.2, 0) is 5.66 Å². The lowest BCUT2D eigenvalue weighted by molar-refractivity contribution is 0.390. The van der Waals surface area contributed by atoms with Crippen LogP contribution in [0.2, 0.25) is 5.02 Å². The number of hydrogen-bond acceptors (Lipinski definition) is 2. The van der Waals surface area contributed by atoms with Crippen molar-refractivity contribution in [2.24, 2.45) is 0 Å². The van der Waals surface area contributed by atoms with E-state index in [9.17, 15) is 0 Å². The van der Waals surface area contributed by atoms with Gasteiger partial charge in [-0.05, 0) is 61.1 Å². The molecule has 2 aromatic rings. The van der Waals surface area contributed by atoms with Crippen molar-refractivity contribution in [3.8, 4) is 0 Å². The van der Waals surface area contributed by atoms with Gasteiger partial charge in [0.05, 0.1) is 5.69 Å². The van der Waals surface area contributed by atoms with Crippen molar-refractivity contribution in [1.82, 2.24) is 10.7 Å². The summed E-state index contributed by atoms with van der Waals surface area (Å²) in [5.41, 5.74) is 4.99. The van der Waals surface area contributed by atoms with Crippen LogP contribution in [0.5, 0.6) is 0 Å². The maximum Gasteiger partial charge on any atom is 0.190 e. The largest absolute Gasteiger partial charge is 0.338 e. The van der Waals surface area contributed by atoms with E-state index < -0.39 is 5.66 Å². The van der Waals surface area contributed by atoms with Gasteiger partial charge in [0.25, 0.3) is 0 Å². The SMILES string of the molecule is C[C@]1(c2ccc(Cl)cc2)NC(=S)N(c2ccc(Br)cc2)N1. The summed E-state index contributed by atoms with van der Waals surface area (Å²) in [4.78, 5) is 0. The average Bonchev–Trinajstić information content (AvgIpc) is 2.77. The molecule has 0 aliphatic carbocycles. The zero-order valence-electron chi connectivity index (χ0n) is 11.2. The van der Waals surface area contributed by atoms with E-state index in [1.54, 1.807) is 0 Å². The Kier molecular flexibility index (Phi) is 3.92. The van der Waals surface area contributed by atoms with Gasteiger partial charge in [-0.2, -0.15) is 5.43 Å². The molecular formula is C15H13BrClN3S. The zero-order valence-corrected chi connectivity index (χ0v) is 14.4. The number of halogens is 2. The molecule has 6 heteroatoms. The molecule has 1 atom stereocenters. The quantitative estimate of drug-likeness (QED) is 0.762. The summed E-state index contributed by atoms with van der Waals surface area (Å²) < 4.78 is 1.03. The van der Waals surface area contributed by atoms with Gasteiger partial charge in [0.2, 0.25) is 0 Å². The molecule has 3 nitrogen and oxygen atoms in total. The van der Waals surface area contributed by atoms with Crippen LogP contribution in [0.25, 0.3) is 0 Å². The molecule has 3 rings (SSSR count). The van der Waals surface area contributed by atoms with E-state index in [2.05, 4.69) is 26.7 Å². The molecule has 21 heavy (non-hydrogen) atoms. The van der Waals surface area contributed by atoms with Gasteiger partial charge in [-0.15, -0.1) is 0 Å². The van der Waals surface area contributed by atoms with E-state index in [1.165, 1.54) is 0 Å². The fourth-order valence-corrected chi connectivity index (χ4v) is 3.01. The monoisotopic (exact) mass is 381 g/mol. The number of nitrogens with one attached hydrogen (secondary N) is 2. The predicted molar refractivity (Wildman–Crippen MR) is 94.3 cm³/mol. The summed E-state index contributed by atoms with van der Waals surface area (Å²) in [7, 11) is 0. The van der Waals surface area contributed by atoms with Gasteiger partial charge in [0, 0.05) is 9.50 Å². The van der Waals surface area contributed by atoms with Crippen LogP contribution < -0.4 is 15.8 Å². The Morgan fingerprint density at radius 2 is 1.71 bits per heavy atom. The number of hydrogen-bond donors (Lipinski definition) is 2. The van der Waals surface area contributed by atoms with Gasteiger partial charge in [-0.25, -0.2) is 5.01 Å². The first-order chi connectivity index (χ1) is 9.98. The Morgan fingerprint density at radius 3 is 2.33 bits per heavy atom. The first kappa shape index (κ1) is 14.8. The van der Waals surface area contributed by atoms with Crippen molar-refractivity contribution in [1.29, 1.82) is 0 Å². The number of nitrogens with zero attached hydrogens (tertiary/aromatic N) is 1. The fraction of sp³-hybridized carbons (Fsp3) is 0.133. The van der Waals surface area contributed by atoms with Gasteiger partial charge in [-0.3, -0.25) is 0 Å². The number of thiocarbonyl (C=S) groups is 1. The Balaban J connectivity index is 1.89. The summed E-state index contributed by atoms with van der Waals surface area (Å²) in [6.45, 7) is 2.04. The minimum Gasteiger partial charge on any atom is -0.338 e. The molecule has 0 aromatic heterocycles. The molecule has 0 bridgehead atoms. The average molecular weight is 383 g/mol. The van der Waals surface area contributed by atoms with Crippen LogP contribution in [-0.4, -0.2) is 5.11 Å². The van der Waals surface area contributed by atoms with Crippen molar-refractivity contribution in [3.05, 3.63) is 63.6 Å². The van der Waals surface area contributed by atoms with E-state index in [0.29, 0.717) is 10.1 Å². The molecule has 0 spiro atoms. The molecule has 1 aliphatic heterocycles. The van der Waals surface area contributed by atoms with Crippen molar-refractivity contribution in [3.63, 3.8) is 0 Å². The normalized spacial score (nSPS) is 21.5. The molecule has 0 radical (unpaired) electrons. The van der Waals surface area contributed by atoms with E-state index in [4.69, 9.17) is 23.8 Å². The van der Waals surface area contributed by atoms with Gasteiger partial charge in [0.15, 0.2) is 5.11 Å². The summed E-state index contributed by atoms with van der Waals surface area (Å²) in [5.74, 6) is 0. The Bertz CT molecular complexity index is 674. The third-order valence-corrected chi connectivity index (χ3v) is 4.47. The van der Waals surface area contributed by atoms with Crippen molar-refractivity contribution >= 4 is 50.5 Å². The maximum atomic E-state index is 5.95. The van der Waals surface area contributed by atoms with E-state index in [1.807, 2.05) is 60.5 Å². The van der Waals surface area contributed by atoms with Crippen LogP contribution >= 0.6 is 39.7 Å². The number of rotatable bonds is 2. The molecule has 1 saturated heterocycles. The minimum absolute atomic E-state index is 0.464. The van der Waals surface area contributed by atoms with Crippen LogP contribution in [0.3, 0.4) is 0 Å². The summed E-state index contributed by atoms with van der Waals surface area (Å²) in [5, 5.41) is 6.54. The third kappa shape index (κ3) is 2.92. The Hall–Kier alpha value is -1.14. The second-order valence-corrected chi connectivity index (χ2v) is 6.72. The Labute approximate surface area is 142 Å². The van der Waals surface area contributed by atoms with Crippen LogP contribution in [0.1, 0.15) is 12.5 Å². The summed E-state index contributed by atoms with van der Waals surface area (Å²) >= 11 is 14.8. The van der Waals surface area contributed by atoms with E-state index in [0.717, 1.165) is 15.7 Å². The smallest absolute Gasteiger partial charge is 0.190 e. The highest BCUT2D eigenvalue weighted by Gasteiger charge is 2.37. The van der Waals surface area contributed by atoms with Gasteiger partial charge in [0.1, 0.15) is 5.66 Å². The molecule has 1 fully saturated rings. The third-order valence-electron chi connectivity index (χ3n) is 3.40.